The van der Waals surface area contributed by atoms with Crippen LogP contribution < -0.4 is 4.90 Å². The van der Waals surface area contributed by atoms with E-state index >= 15 is 0 Å². The second-order valence-corrected chi connectivity index (χ2v) is 7.33. The van der Waals surface area contributed by atoms with Crippen molar-refractivity contribution in [3.8, 4) is 0 Å². The van der Waals surface area contributed by atoms with Crippen molar-refractivity contribution in [3.63, 3.8) is 0 Å². The largest absolute Gasteiger partial charge is 0.416 e. The zero-order chi connectivity index (χ0) is 19.3. The Bertz CT molecular complexity index is 712. The third-order valence-corrected chi connectivity index (χ3v) is 4.97. The lowest BCUT2D eigenvalue weighted by Gasteiger charge is -2.33. The highest BCUT2D eigenvalue weighted by molar-refractivity contribution is 5.63. The van der Waals surface area contributed by atoms with Crippen LogP contribution >= 0.6 is 0 Å². The molecule has 1 saturated heterocycles. The minimum atomic E-state index is -4.35. The lowest BCUT2D eigenvalue weighted by atomic mass is 10.1. The minimum Gasteiger partial charge on any atom is -0.341 e. The van der Waals surface area contributed by atoms with E-state index in [0.717, 1.165) is 31.4 Å². The fourth-order valence-electron chi connectivity index (χ4n) is 3.69. The Morgan fingerprint density at radius 2 is 1.74 bits per heavy atom. The number of benzene rings is 1. The Hall–Kier alpha value is -2.08. The summed E-state index contributed by atoms with van der Waals surface area (Å²) in [6.07, 6.45) is 2.75. The van der Waals surface area contributed by atoms with Crippen molar-refractivity contribution in [1.29, 1.82) is 0 Å². The first-order valence-electron chi connectivity index (χ1n) is 9.50. The summed E-state index contributed by atoms with van der Waals surface area (Å²) < 4.78 is 39.5. The summed E-state index contributed by atoms with van der Waals surface area (Å²) in [5, 5.41) is 0. The van der Waals surface area contributed by atoms with Gasteiger partial charge in [-0.2, -0.15) is 13.2 Å². The van der Waals surface area contributed by atoms with Crippen molar-refractivity contribution < 1.29 is 13.2 Å². The number of pyridine rings is 1. The summed E-state index contributed by atoms with van der Waals surface area (Å²) in [6, 6.07) is 9.24. The zero-order valence-electron chi connectivity index (χ0n) is 15.6. The molecule has 2 heterocycles. The van der Waals surface area contributed by atoms with E-state index in [0.29, 0.717) is 18.2 Å². The smallest absolute Gasteiger partial charge is 0.341 e. The van der Waals surface area contributed by atoms with E-state index in [1.165, 1.54) is 31.4 Å². The third kappa shape index (κ3) is 5.45. The number of hydrogen-bond acceptors (Lipinski definition) is 3. The first-order chi connectivity index (χ1) is 12.9. The molecule has 0 spiro atoms. The number of nitrogens with zero attached hydrogens (tertiary/aromatic N) is 3. The Balaban J connectivity index is 1.81. The summed E-state index contributed by atoms with van der Waals surface area (Å²) in [5.41, 5.74) is 0.791. The normalized spacial score (nSPS) is 16.9. The fraction of sp³-hybridized carbons (Fsp3) is 0.476. The molecule has 0 radical (unpaired) electrons. The number of rotatable bonds is 6. The van der Waals surface area contributed by atoms with Crippen LogP contribution in [-0.2, 0) is 6.18 Å². The van der Waals surface area contributed by atoms with Crippen molar-refractivity contribution >= 4 is 11.4 Å². The van der Waals surface area contributed by atoms with Crippen LogP contribution in [0.15, 0.2) is 48.8 Å². The Morgan fingerprint density at radius 1 is 1.04 bits per heavy atom. The maximum atomic E-state index is 13.2. The minimum absolute atomic E-state index is 0.325. The SMILES string of the molecule is CC(CN1CCCCC1)CN(c1ccncc1)c1cccc(C(F)(F)F)c1. The second-order valence-electron chi connectivity index (χ2n) is 7.33. The number of likely N-dealkylation sites (tertiary alicyclic amines) is 1. The average Bonchev–Trinajstić information content (AvgIpc) is 2.67. The van der Waals surface area contributed by atoms with E-state index < -0.39 is 11.7 Å². The van der Waals surface area contributed by atoms with E-state index in [1.807, 2.05) is 17.0 Å². The number of aromatic nitrogens is 1. The number of halogens is 3. The topological polar surface area (TPSA) is 19.4 Å². The molecule has 0 amide bonds. The van der Waals surface area contributed by atoms with Crippen LogP contribution in [0.3, 0.4) is 0 Å². The summed E-state index contributed by atoms with van der Waals surface area (Å²) in [6.45, 7) is 6.01. The summed E-state index contributed by atoms with van der Waals surface area (Å²) in [4.78, 5) is 8.46. The number of anilines is 2. The third-order valence-electron chi connectivity index (χ3n) is 4.97. The van der Waals surface area contributed by atoms with E-state index in [1.54, 1.807) is 18.5 Å². The molecule has 3 nitrogen and oxygen atoms in total. The van der Waals surface area contributed by atoms with Crippen LogP contribution in [0, 0.1) is 5.92 Å². The molecule has 146 valence electrons. The molecule has 6 heteroatoms. The van der Waals surface area contributed by atoms with Gasteiger partial charge in [-0.25, -0.2) is 0 Å². The van der Waals surface area contributed by atoms with Gasteiger partial charge < -0.3 is 9.80 Å². The Morgan fingerprint density at radius 3 is 2.41 bits per heavy atom. The molecule has 1 aromatic heterocycles. The quantitative estimate of drug-likeness (QED) is 0.675. The number of piperidine rings is 1. The Kier molecular flexibility index (Phi) is 6.37. The fourth-order valence-corrected chi connectivity index (χ4v) is 3.69. The monoisotopic (exact) mass is 377 g/mol. The summed E-state index contributed by atoms with van der Waals surface area (Å²) in [5.74, 6) is 0.325. The standard InChI is InChI=1S/C21H26F3N3/c1-17(15-26-12-3-2-4-13-26)16-27(19-8-10-25-11-9-19)20-7-5-6-18(14-20)21(22,23)24/h5-11,14,17H,2-4,12-13,15-16H2,1H3. The number of hydrogen-bond donors (Lipinski definition) is 0. The predicted molar refractivity (Wildman–Crippen MR) is 102 cm³/mol. The van der Waals surface area contributed by atoms with Gasteiger partial charge in [-0.1, -0.05) is 19.4 Å². The van der Waals surface area contributed by atoms with Crippen LogP contribution in [0.25, 0.3) is 0 Å². The van der Waals surface area contributed by atoms with Crippen molar-refractivity contribution in [2.24, 2.45) is 5.92 Å². The first-order valence-corrected chi connectivity index (χ1v) is 9.50. The molecule has 1 fully saturated rings. The molecule has 0 saturated carbocycles. The molecule has 1 aliphatic rings. The highest BCUT2D eigenvalue weighted by Gasteiger charge is 2.31. The molecule has 2 aromatic rings. The maximum absolute atomic E-state index is 13.2. The van der Waals surface area contributed by atoms with Gasteiger partial charge in [-0.05, 0) is 62.2 Å². The highest BCUT2D eigenvalue weighted by atomic mass is 19.4. The average molecular weight is 377 g/mol. The molecule has 0 N–H and O–H groups in total. The van der Waals surface area contributed by atoms with E-state index in [2.05, 4.69) is 16.8 Å². The van der Waals surface area contributed by atoms with E-state index in [-0.39, 0.29) is 0 Å². The van der Waals surface area contributed by atoms with Gasteiger partial charge in [-0.15, -0.1) is 0 Å². The van der Waals surface area contributed by atoms with E-state index in [9.17, 15) is 13.2 Å². The van der Waals surface area contributed by atoms with Crippen LogP contribution in [0.5, 0.6) is 0 Å². The zero-order valence-corrected chi connectivity index (χ0v) is 15.6. The van der Waals surface area contributed by atoms with Crippen molar-refractivity contribution in [2.75, 3.05) is 31.1 Å². The predicted octanol–water partition coefficient (Wildman–Crippen LogP) is 5.36. The molecule has 0 aliphatic carbocycles. The highest BCUT2D eigenvalue weighted by Crippen LogP contribution is 2.34. The number of alkyl halides is 3. The lowest BCUT2D eigenvalue weighted by molar-refractivity contribution is -0.137. The lowest BCUT2D eigenvalue weighted by Crippen LogP contribution is -2.37. The Labute approximate surface area is 158 Å². The van der Waals surface area contributed by atoms with Gasteiger partial charge in [-0.3, -0.25) is 4.98 Å². The van der Waals surface area contributed by atoms with Crippen LogP contribution in [0.4, 0.5) is 24.5 Å². The molecule has 27 heavy (non-hydrogen) atoms. The summed E-state index contributed by atoms with van der Waals surface area (Å²) in [7, 11) is 0. The molecule has 1 unspecified atom stereocenters. The van der Waals surface area contributed by atoms with Gasteiger partial charge in [0.25, 0.3) is 0 Å². The van der Waals surface area contributed by atoms with Gasteiger partial charge >= 0.3 is 6.18 Å². The van der Waals surface area contributed by atoms with Gasteiger partial charge in [0.2, 0.25) is 0 Å². The van der Waals surface area contributed by atoms with Crippen LogP contribution in [0.1, 0.15) is 31.7 Å². The molecular formula is C21H26F3N3. The molecule has 1 aromatic carbocycles. The molecular weight excluding hydrogens is 351 g/mol. The van der Waals surface area contributed by atoms with Crippen molar-refractivity contribution in [2.45, 2.75) is 32.4 Å². The van der Waals surface area contributed by atoms with Gasteiger partial charge in [0.15, 0.2) is 0 Å². The van der Waals surface area contributed by atoms with Crippen molar-refractivity contribution in [1.82, 2.24) is 9.88 Å². The molecule has 0 bridgehead atoms. The van der Waals surface area contributed by atoms with Crippen LogP contribution in [-0.4, -0.2) is 36.1 Å². The second kappa shape index (κ2) is 8.74. The van der Waals surface area contributed by atoms with Gasteiger partial charge in [0, 0.05) is 36.9 Å². The molecule has 3 rings (SSSR count). The molecule has 1 aliphatic heterocycles. The maximum Gasteiger partial charge on any atom is 0.416 e. The first kappa shape index (κ1) is 19.7. The van der Waals surface area contributed by atoms with Gasteiger partial charge in [0.1, 0.15) is 0 Å². The van der Waals surface area contributed by atoms with E-state index in [4.69, 9.17) is 0 Å². The molecule has 1 atom stereocenters. The van der Waals surface area contributed by atoms with Gasteiger partial charge in [0.05, 0.1) is 5.56 Å². The van der Waals surface area contributed by atoms with Crippen molar-refractivity contribution in [3.05, 3.63) is 54.4 Å². The summed E-state index contributed by atoms with van der Waals surface area (Å²) >= 11 is 0. The van der Waals surface area contributed by atoms with Crippen LogP contribution in [0.2, 0.25) is 0 Å².